The van der Waals surface area contributed by atoms with E-state index in [1.54, 1.807) is 6.07 Å². The molecule has 0 saturated heterocycles. The highest BCUT2D eigenvalue weighted by atomic mass is 16.5. The van der Waals surface area contributed by atoms with Crippen molar-refractivity contribution in [1.82, 2.24) is 10.1 Å². The van der Waals surface area contributed by atoms with Crippen LogP contribution in [0.25, 0.3) is 10.9 Å². The molecule has 4 nitrogen and oxygen atoms in total. The monoisotopic (exact) mass is 268 g/mol. The normalized spacial score (nSPS) is 11.1. The third-order valence-electron chi connectivity index (χ3n) is 3.36. The van der Waals surface area contributed by atoms with Crippen LogP contribution in [-0.4, -0.2) is 15.9 Å². The van der Waals surface area contributed by atoms with Crippen LogP contribution in [0, 0.1) is 13.8 Å². The number of ketones is 1. The van der Waals surface area contributed by atoms with Crippen molar-refractivity contribution in [2.24, 2.45) is 0 Å². The fraction of sp³-hybridized carbons (Fsp3) is 0.250. The number of benzene rings is 1. The van der Waals surface area contributed by atoms with Crippen LogP contribution in [0.5, 0.6) is 0 Å². The van der Waals surface area contributed by atoms with Gasteiger partial charge in [0.25, 0.3) is 0 Å². The first kappa shape index (κ1) is 12.7. The highest BCUT2D eigenvalue weighted by Crippen LogP contribution is 2.18. The molecule has 0 aliphatic carbocycles. The molecule has 20 heavy (non-hydrogen) atoms. The summed E-state index contributed by atoms with van der Waals surface area (Å²) < 4.78 is 4.98. The van der Waals surface area contributed by atoms with Crippen LogP contribution in [-0.2, 0) is 6.42 Å². The van der Waals surface area contributed by atoms with E-state index in [0.717, 1.165) is 22.5 Å². The van der Waals surface area contributed by atoms with Gasteiger partial charge in [-0.05, 0) is 49.4 Å². The Bertz CT molecular complexity index is 768. The largest absolute Gasteiger partial charge is 0.359 e. The van der Waals surface area contributed by atoms with E-state index in [1.165, 1.54) is 5.39 Å². The van der Waals surface area contributed by atoms with Crippen LogP contribution in [0.1, 0.15) is 33.9 Å². The van der Waals surface area contributed by atoms with E-state index < -0.39 is 0 Å². The number of rotatable bonds is 4. The summed E-state index contributed by atoms with van der Waals surface area (Å²) in [5, 5.41) is 4.92. The zero-order valence-corrected chi connectivity index (χ0v) is 11.6. The third-order valence-corrected chi connectivity index (χ3v) is 3.36. The maximum atomic E-state index is 12.0. The van der Waals surface area contributed by atoms with E-state index in [-0.39, 0.29) is 5.78 Å². The number of carbonyl (C=O) groups is 1. The number of aromatic amines is 1. The third kappa shape index (κ3) is 2.50. The molecule has 0 amide bonds. The summed E-state index contributed by atoms with van der Waals surface area (Å²) in [5.41, 5.74) is 4.16. The van der Waals surface area contributed by atoms with Gasteiger partial charge in [0.2, 0.25) is 11.5 Å². The van der Waals surface area contributed by atoms with Crippen LogP contribution >= 0.6 is 0 Å². The summed E-state index contributed by atoms with van der Waals surface area (Å²) >= 11 is 0. The predicted octanol–water partition coefficient (Wildman–Crippen LogP) is 3.59. The topological polar surface area (TPSA) is 58.9 Å². The predicted molar refractivity (Wildman–Crippen MR) is 76.9 cm³/mol. The van der Waals surface area contributed by atoms with E-state index in [0.29, 0.717) is 18.6 Å². The van der Waals surface area contributed by atoms with Crippen LogP contribution in [0.15, 0.2) is 34.9 Å². The first-order valence-electron chi connectivity index (χ1n) is 6.66. The van der Waals surface area contributed by atoms with Gasteiger partial charge in [-0.25, -0.2) is 0 Å². The van der Waals surface area contributed by atoms with Crippen LogP contribution in [0.4, 0.5) is 0 Å². The van der Waals surface area contributed by atoms with Gasteiger partial charge in [0.15, 0.2) is 0 Å². The SMILES string of the molecule is Cc1cc(C(=O)CCc2ccc3[nH]c(C)cc3c2)on1. The summed E-state index contributed by atoms with van der Waals surface area (Å²) in [6, 6.07) is 10.0. The van der Waals surface area contributed by atoms with Crippen molar-refractivity contribution in [2.75, 3.05) is 0 Å². The van der Waals surface area contributed by atoms with Gasteiger partial charge in [0, 0.05) is 23.7 Å². The number of nitrogens with zero attached hydrogens (tertiary/aromatic N) is 1. The van der Waals surface area contributed by atoms with Gasteiger partial charge >= 0.3 is 0 Å². The fourth-order valence-corrected chi connectivity index (χ4v) is 2.36. The molecule has 0 unspecified atom stereocenters. The van der Waals surface area contributed by atoms with Crippen molar-refractivity contribution in [1.29, 1.82) is 0 Å². The zero-order chi connectivity index (χ0) is 14.1. The molecule has 0 spiro atoms. The zero-order valence-electron chi connectivity index (χ0n) is 11.6. The van der Waals surface area contributed by atoms with Gasteiger partial charge in [0.05, 0.1) is 5.69 Å². The molecule has 1 aromatic carbocycles. The Morgan fingerprint density at radius 2 is 2.10 bits per heavy atom. The highest BCUT2D eigenvalue weighted by Gasteiger charge is 2.11. The first-order chi connectivity index (χ1) is 9.61. The lowest BCUT2D eigenvalue weighted by atomic mass is 10.0. The van der Waals surface area contributed by atoms with Crippen molar-refractivity contribution in [2.45, 2.75) is 26.7 Å². The second kappa shape index (κ2) is 4.96. The van der Waals surface area contributed by atoms with Crippen molar-refractivity contribution in [3.8, 4) is 0 Å². The summed E-state index contributed by atoms with van der Waals surface area (Å²) in [6.07, 6.45) is 1.14. The van der Waals surface area contributed by atoms with E-state index in [2.05, 4.69) is 34.4 Å². The summed E-state index contributed by atoms with van der Waals surface area (Å²) in [5.74, 6) is 0.344. The molecule has 4 heteroatoms. The quantitative estimate of drug-likeness (QED) is 0.736. The van der Waals surface area contributed by atoms with Crippen molar-refractivity contribution >= 4 is 16.7 Å². The van der Waals surface area contributed by atoms with E-state index in [4.69, 9.17) is 4.52 Å². The second-order valence-corrected chi connectivity index (χ2v) is 5.13. The van der Waals surface area contributed by atoms with E-state index in [1.807, 2.05) is 13.8 Å². The van der Waals surface area contributed by atoms with Gasteiger partial charge in [-0.3, -0.25) is 4.79 Å². The molecule has 0 saturated carbocycles. The Morgan fingerprint density at radius 3 is 2.85 bits per heavy atom. The molecule has 0 radical (unpaired) electrons. The number of nitrogens with one attached hydrogen (secondary N) is 1. The molecule has 0 fully saturated rings. The highest BCUT2D eigenvalue weighted by molar-refractivity contribution is 5.93. The Morgan fingerprint density at radius 1 is 1.25 bits per heavy atom. The van der Waals surface area contributed by atoms with Crippen LogP contribution in [0.3, 0.4) is 0 Å². The number of carbonyl (C=O) groups excluding carboxylic acids is 1. The molecule has 0 aliphatic rings. The average Bonchev–Trinajstić information content (AvgIpc) is 3.00. The van der Waals surface area contributed by atoms with Crippen molar-refractivity contribution in [3.63, 3.8) is 0 Å². The van der Waals surface area contributed by atoms with Gasteiger partial charge in [-0.2, -0.15) is 0 Å². The van der Waals surface area contributed by atoms with Crippen LogP contribution in [0.2, 0.25) is 0 Å². The first-order valence-corrected chi connectivity index (χ1v) is 6.66. The molecule has 2 heterocycles. The minimum atomic E-state index is -0.00375. The summed E-state index contributed by atoms with van der Waals surface area (Å²) in [7, 11) is 0. The van der Waals surface area contributed by atoms with Gasteiger partial charge in [-0.1, -0.05) is 11.2 Å². The molecular weight excluding hydrogens is 252 g/mol. The maximum Gasteiger partial charge on any atom is 0.202 e. The molecule has 2 aromatic heterocycles. The molecule has 102 valence electrons. The molecule has 0 atom stereocenters. The molecular formula is C16H16N2O2. The van der Waals surface area contributed by atoms with Crippen molar-refractivity contribution in [3.05, 3.63) is 53.0 Å². The number of Topliss-reactive ketones (excluding diaryl/α,β-unsaturated/α-hetero) is 1. The van der Waals surface area contributed by atoms with Gasteiger partial charge in [-0.15, -0.1) is 0 Å². The summed E-state index contributed by atoms with van der Waals surface area (Å²) in [6.45, 7) is 3.85. The Balaban J connectivity index is 1.71. The van der Waals surface area contributed by atoms with Gasteiger partial charge in [0.1, 0.15) is 0 Å². The van der Waals surface area contributed by atoms with E-state index in [9.17, 15) is 4.79 Å². The number of aromatic nitrogens is 2. The van der Waals surface area contributed by atoms with Gasteiger partial charge < -0.3 is 9.51 Å². The summed E-state index contributed by atoms with van der Waals surface area (Å²) in [4.78, 5) is 15.2. The Hall–Kier alpha value is -2.36. The fourth-order valence-electron chi connectivity index (χ4n) is 2.36. The minimum Gasteiger partial charge on any atom is -0.359 e. The van der Waals surface area contributed by atoms with E-state index >= 15 is 0 Å². The minimum absolute atomic E-state index is 0.00375. The molecule has 0 aliphatic heterocycles. The maximum absolute atomic E-state index is 12.0. The molecule has 0 bridgehead atoms. The van der Waals surface area contributed by atoms with Crippen molar-refractivity contribution < 1.29 is 9.32 Å². The number of hydrogen-bond acceptors (Lipinski definition) is 3. The lowest BCUT2D eigenvalue weighted by molar-refractivity contribution is 0.0947. The standard InChI is InChI=1S/C16H16N2O2/c1-10-7-13-9-12(3-5-14(13)17-10)4-6-15(19)16-8-11(2)18-20-16/h3,5,7-9,17H,4,6H2,1-2H3. The smallest absolute Gasteiger partial charge is 0.202 e. The lowest BCUT2D eigenvalue weighted by Crippen LogP contribution is -1.99. The molecule has 3 rings (SSSR count). The number of aryl methyl sites for hydroxylation is 3. The molecule has 1 N–H and O–H groups in total. The Kier molecular flexibility index (Phi) is 3.14. The number of fused-ring (bicyclic) bond motifs is 1. The number of hydrogen-bond donors (Lipinski definition) is 1. The molecule has 3 aromatic rings. The van der Waals surface area contributed by atoms with Crippen LogP contribution < -0.4 is 0 Å². The second-order valence-electron chi connectivity index (χ2n) is 5.13. The Labute approximate surface area is 116 Å². The average molecular weight is 268 g/mol. The number of H-pyrrole nitrogens is 1. The lowest BCUT2D eigenvalue weighted by Gasteiger charge is -2.00.